The van der Waals surface area contributed by atoms with E-state index in [9.17, 15) is 4.79 Å². The van der Waals surface area contributed by atoms with E-state index < -0.39 is 5.60 Å². The molecule has 1 unspecified atom stereocenters. The Bertz CT molecular complexity index is 620. The molecule has 0 heterocycles. The molecule has 0 radical (unpaired) electrons. The fourth-order valence-corrected chi connectivity index (χ4v) is 7.00. The average molecular weight is 685 g/mol. The van der Waals surface area contributed by atoms with E-state index in [-0.39, 0.29) is 12.1 Å². The molecular weight excluding hydrogens is 601 g/mol. The van der Waals surface area contributed by atoms with Gasteiger partial charge in [0, 0.05) is 24.7 Å². The first-order valence-electron chi connectivity index (χ1n) is 20.9. The topological polar surface area (TPSA) is 44.8 Å². The summed E-state index contributed by atoms with van der Waals surface area (Å²) in [6.45, 7) is 12.7. The molecule has 5 heteroatoms. The normalized spacial score (nSPS) is 12.5. The zero-order valence-corrected chi connectivity index (χ0v) is 33.5. The smallest absolute Gasteiger partial charge is 0.307 e. The van der Waals surface area contributed by atoms with Crippen LogP contribution in [0, 0.1) is 0 Å². The van der Waals surface area contributed by atoms with Gasteiger partial charge in [-0.2, -0.15) is 11.8 Å². The van der Waals surface area contributed by atoms with Gasteiger partial charge in [-0.25, -0.2) is 0 Å². The highest BCUT2D eigenvalue weighted by molar-refractivity contribution is 7.99. The summed E-state index contributed by atoms with van der Waals surface area (Å²) in [5.74, 6) is 1.53. The number of rotatable bonds is 38. The molecule has 4 nitrogen and oxygen atoms in total. The molecule has 0 saturated heterocycles. The predicted octanol–water partition coefficient (Wildman–Crippen LogP) is 13.8. The van der Waals surface area contributed by atoms with Crippen molar-refractivity contribution in [1.82, 2.24) is 0 Å². The molecule has 0 fully saturated rings. The van der Waals surface area contributed by atoms with E-state index in [0.717, 1.165) is 37.6 Å². The van der Waals surface area contributed by atoms with Gasteiger partial charge in [0.2, 0.25) is 0 Å². The molecule has 0 amide bonds. The van der Waals surface area contributed by atoms with Crippen molar-refractivity contribution in [3.8, 4) is 0 Å². The third kappa shape index (κ3) is 40.1. The molecule has 0 bridgehead atoms. The summed E-state index contributed by atoms with van der Waals surface area (Å²) in [5, 5.41) is 0. The minimum atomic E-state index is -0.415. The first-order chi connectivity index (χ1) is 22.9. The Morgan fingerprint density at radius 3 is 1.28 bits per heavy atom. The van der Waals surface area contributed by atoms with Gasteiger partial charge >= 0.3 is 5.97 Å². The van der Waals surface area contributed by atoms with E-state index in [1.807, 2.05) is 20.8 Å². The summed E-state index contributed by atoms with van der Waals surface area (Å²) in [7, 11) is 0. The van der Waals surface area contributed by atoms with E-state index >= 15 is 0 Å². The van der Waals surface area contributed by atoms with Crippen molar-refractivity contribution in [2.24, 2.45) is 0 Å². The first kappa shape index (κ1) is 46.7. The van der Waals surface area contributed by atoms with Gasteiger partial charge in [0.1, 0.15) is 5.60 Å². The number of ether oxygens (including phenoxy) is 3. The molecule has 47 heavy (non-hydrogen) atoms. The Balaban J connectivity index is 3.94. The summed E-state index contributed by atoms with van der Waals surface area (Å²) < 4.78 is 17.9. The fraction of sp³-hybridized carbons (Fsp3) is 0.976. The summed E-state index contributed by atoms with van der Waals surface area (Å²) in [6.07, 6.45) is 39.1. The molecule has 0 spiro atoms. The van der Waals surface area contributed by atoms with Crippen LogP contribution in [0.2, 0.25) is 0 Å². The summed E-state index contributed by atoms with van der Waals surface area (Å²) in [5.41, 5.74) is -0.415. The van der Waals surface area contributed by atoms with Crippen LogP contribution in [0.1, 0.15) is 221 Å². The maximum atomic E-state index is 12.1. The number of carbonyl (C=O) groups excluding carboxylic acids is 1. The Labute approximate surface area is 299 Å². The van der Waals surface area contributed by atoms with Gasteiger partial charge in [-0.3, -0.25) is 4.79 Å². The maximum absolute atomic E-state index is 12.1. The summed E-state index contributed by atoms with van der Waals surface area (Å²) in [4.78, 5) is 12.1. The minimum absolute atomic E-state index is 0.104. The van der Waals surface area contributed by atoms with E-state index in [1.165, 1.54) is 167 Å². The zero-order chi connectivity index (χ0) is 34.5. The highest BCUT2D eigenvalue weighted by Gasteiger charge is 2.16. The molecule has 0 aliphatic carbocycles. The van der Waals surface area contributed by atoms with Crippen molar-refractivity contribution >= 4 is 17.7 Å². The van der Waals surface area contributed by atoms with Crippen molar-refractivity contribution in [3.63, 3.8) is 0 Å². The van der Waals surface area contributed by atoms with Crippen LogP contribution in [-0.4, -0.2) is 49.0 Å². The van der Waals surface area contributed by atoms with Crippen LogP contribution in [0.4, 0.5) is 0 Å². The van der Waals surface area contributed by atoms with Crippen molar-refractivity contribution in [3.05, 3.63) is 0 Å². The van der Waals surface area contributed by atoms with Crippen molar-refractivity contribution < 1.29 is 19.0 Å². The van der Waals surface area contributed by atoms with E-state index in [0.29, 0.717) is 13.0 Å². The minimum Gasteiger partial charge on any atom is -0.460 e. The molecule has 0 N–H and O–H groups in total. The number of hydrogen-bond acceptors (Lipinski definition) is 5. The molecule has 1 atom stereocenters. The predicted molar refractivity (Wildman–Crippen MR) is 209 cm³/mol. The van der Waals surface area contributed by atoms with Crippen molar-refractivity contribution in [1.29, 1.82) is 0 Å². The van der Waals surface area contributed by atoms with Gasteiger partial charge in [0.25, 0.3) is 0 Å². The maximum Gasteiger partial charge on any atom is 0.307 e. The molecule has 0 rings (SSSR count). The van der Waals surface area contributed by atoms with E-state index in [1.54, 1.807) is 11.8 Å². The highest BCUT2D eigenvalue weighted by atomic mass is 32.2. The van der Waals surface area contributed by atoms with Gasteiger partial charge in [-0.05, 0) is 33.6 Å². The molecule has 0 aliphatic rings. The summed E-state index contributed by atoms with van der Waals surface area (Å²) in [6, 6.07) is 0. The number of hydrogen-bond donors (Lipinski definition) is 0. The third-order valence-corrected chi connectivity index (χ3v) is 10.1. The lowest BCUT2D eigenvalue weighted by atomic mass is 10.0. The third-order valence-electron chi connectivity index (χ3n) is 8.97. The Morgan fingerprint density at radius 1 is 0.532 bits per heavy atom. The Kier molecular flexibility index (Phi) is 36.8. The lowest BCUT2D eigenvalue weighted by Gasteiger charge is -2.20. The SMILES string of the molecule is CCCCCCCCCCCCCCCCOCC(CSCCC(=O)OC(C)(C)C)OCCCCCCCCCCCCCCCC. The highest BCUT2D eigenvalue weighted by Crippen LogP contribution is 2.16. The zero-order valence-electron chi connectivity index (χ0n) is 32.7. The first-order valence-corrected chi connectivity index (χ1v) is 22.0. The second kappa shape index (κ2) is 37.0. The molecular formula is C42H84O4S. The fourth-order valence-electron chi connectivity index (χ4n) is 6.07. The van der Waals surface area contributed by atoms with Crippen LogP contribution in [0.15, 0.2) is 0 Å². The van der Waals surface area contributed by atoms with Gasteiger partial charge < -0.3 is 14.2 Å². The number of thioether (sulfide) groups is 1. The summed E-state index contributed by atoms with van der Waals surface area (Å²) >= 11 is 1.79. The largest absolute Gasteiger partial charge is 0.460 e. The van der Waals surface area contributed by atoms with Gasteiger partial charge in [0.05, 0.1) is 19.1 Å². The second-order valence-electron chi connectivity index (χ2n) is 15.2. The van der Waals surface area contributed by atoms with E-state index in [4.69, 9.17) is 14.2 Å². The average Bonchev–Trinajstić information content (AvgIpc) is 3.03. The number of carbonyl (C=O) groups is 1. The standard InChI is InChI=1S/C42H84O4S/c1-6-8-10-12-14-16-18-20-22-24-26-28-30-32-35-44-38-40(39-47-37-34-41(43)46-42(3,4)5)45-36-33-31-29-27-25-23-21-19-17-15-13-11-9-7-2/h40H,6-39H2,1-5H3. The quantitative estimate of drug-likeness (QED) is 0.0478. The van der Waals surface area contributed by atoms with Gasteiger partial charge in [0.15, 0.2) is 0 Å². The van der Waals surface area contributed by atoms with Crippen LogP contribution in [-0.2, 0) is 19.0 Å². The molecule has 282 valence electrons. The lowest BCUT2D eigenvalue weighted by molar-refractivity contribution is -0.154. The van der Waals surface area contributed by atoms with Crippen LogP contribution in [0.3, 0.4) is 0 Å². The molecule has 0 aromatic carbocycles. The van der Waals surface area contributed by atoms with Crippen LogP contribution in [0.5, 0.6) is 0 Å². The van der Waals surface area contributed by atoms with Crippen LogP contribution < -0.4 is 0 Å². The van der Waals surface area contributed by atoms with Crippen molar-refractivity contribution in [2.45, 2.75) is 233 Å². The van der Waals surface area contributed by atoms with Crippen LogP contribution >= 0.6 is 11.8 Å². The second-order valence-corrected chi connectivity index (χ2v) is 16.3. The lowest BCUT2D eigenvalue weighted by Crippen LogP contribution is -2.25. The Morgan fingerprint density at radius 2 is 0.894 bits per heavy atom. The van der Waals surface area contributed by atoms with E-state index in [2.05, 4.69) is 13.8 Å². The molecule has 0 aromatic rings. The number of esters is 1. The van der Waals surface area contributed by atoms with Crippen LogP contribution in [0.25, 0.3) is 0 Å². The van der Waals surface area contributed by atoms with Gasteiger partial charge in [-0.15, -0.1) is 0 Å². The Hall–Kier alpha value is -0.260. The monoisotopic (exact) mass is 685 g/mol. The molecule has 0 aromatic heterocycles. The molecule has 0 saturated carbocycles. The van der Waals surface area contributed by atoms with Crippen molar-refractivity contribution in [2.75, 3.05) is 31.3 Å². The molecule has 0 aliphatic heterocycles. The van der Waals surface area contributed by atoms with Gasteiger partial charge in [-0.1, -0.05) is 181 Å². The number of unbranched alkanes of at least 4 members (excludes halogenated alkanes) is 26.